The largest absolute Gasteiger partial charge is 0.383 e. The quantitative estimate of drug-likeness (QED) is 0.677. The van der Waals surface area contributed by atoms with Crippen molar-refractivity contribution in [2.45, 2.75) is 6.10 Å². The van der Waals surface area contributed by atoms with E-state index >= 15 is 0 Å². The number of hydrogen-bond acceptors (Lipinski definition) is 2. The monoisotopic (exact) mass is 428 g/mol. The van der Waals surface area contributed by atoms with Gasteiger partial charge >= 0.3 is 0 Å². The first kappa shape index (κ1) is 12.8. The van der Waals surface area contributed by atoms with E-state index in [1.54, 1.807) is 0 Å². The fourth-order valence-corrected chi connectivity index (χ4v) is 3.59. The van der Waals surface area contributed by atoms with E-state index in [0.717, 1.165) is 17.8 Å². The molecule has 5 heteroatoms. The van der Waals surface area contributed by atoms with E-state index < -0.39 is 6.10 Å². The van der Waals surface area contributed by atoms with Crippen LogP contribution in [0.4, 0.5) is 0 Å². The Labute approximate surface area is 125 Å². The Morgan fingerprint density at radius 3 is 2.69 bits per heavy atom. The fourth-order valence-electron chi connectivity index (χ4n) is 1.35. The highest BCUT2D eigenvalue weighted by Gasteiger charge is 2.15. The summed E-state index contributed by atoms with van der Waals surface area (Å²) >= 11 is 13.0. The normalized spacial score (nSPS) is 12.8. The first-order valence-corrected chi connectivity index (χ1v) is 7.53. The number of thiophene rings is 1. The zero-order valence-electron chi connectivity index (χ0n) is 7.95. The molecule has 0 radical (unpaired) electrons. The number of aliphatic hydroxyl groups is 1. The molecule has 0 aliphatic heterocycles. The summed E-state index contributed by atoms with van der Waals surface area (Å²) in [5.41, 5.74) is 0.849. The summed E-state index contributed by atoms with van der Waals surface area (Å²) in [6.45, 7) is 0. The van der Waals surface area contributed by atoms with Gasteiger partial charge in [0.2, 0.25) is 0 Å². The molecule has 1 heterocycles. The Balaban J connectivity index is 2.40. The minimum atomic E-state index is -0.609. The van der Waals surface area contributed by atoms with Crippen molar-refractivity contribution in [3.05, 3.63) is 53.2 Å². The average Bonchev–Trinajstić information content (AvgIpc) is 2.67. The zero-order chi connectivity index (χ0) is 11.7. The third-order valence-corrected chi connectivity index (χ3v) is 5.01. The molecule has 0 bridgehead atoms. The van der Waals surface area contributed by atoms with Crippen molar-refractivity contribution in [3.8, 4) is 0 Å². The van der Waals surface area contributed by atoms with Gasteiger partial charge in [-0.1, -0.05) is 11.6 Å². The Morgan fingerprint density at radius 2 is 2.06 bits per heavy atom. The summed E-state index contributed by atoms with van der Waals surface area (Å²) in [5.74, 6) is 0. The van der Waals surface area contributed by atoms with Gasteiger partial charge in [-0.2, -0.15) is 0 Å². The number of benzene rings is 1. The number of aliphatic hydroxyl groups excluding tert-OH is 1. The summed E-state index contributed by atoms with van der Waals surface area (Å²) in [5, 5.41) is 10.9. The van der Waals surface area contributed by atoms with E-state index in [2.05, 4.69) is 38.5 Å². The lowest BCUT2D eigenvalue weighted by atomic mass is 10.1. The van der Waals surface area contributed by atoms with Gasteiger partial charge in [-0.05, 0) is 68.9 Å². The molecule has 1 nitrogen and oxygen atoms in total. The Hall–Kier alpha value is 0.380. The Morgan fingerprint density at radius 1 is 1.31 bits per heavy atom. The highest BCUT2D eigenvalue weighted by Crippen LogP contribution is 2.34. The molecule has 1 atom stereocenters. The summed E-state index contributed by atoms with van der Waals surface area (Å²) in [7, 11) is 0. The van der Waals surface area contributed by atoms with Crippen LogP contribution in [0.5, 0.6) is 0 Å². The van der Waals surface area contributed by atoms with Crippen LogP contribution in [0.1, 0.15) is 16.5 Å². The van der Waals surface area contributed by atoms with Crippen molar-refractivity contribution in [3.63, 3.8) is 0 Å². The first-order valence-electron chi connectivity index (χ1n) is 4.46. The van der Waals surface area contributed by atoms with Crippen LogP contribution in [0, 0.1) is 3.57 Å². The molecule has 0 spiro atoms. The van der Waals surface area contributed by atoms with Gasteiger partial charge in [0.15, 0.2) is 0 Å². The van der Waals surface area contributed by atoms with Gasteiger partial charge < -0.3 is 5.11 Å². The van der Waals surface area contributed by atoms with Crippen LogP contribution in [0.3, 0.4) is 0 Å². The molecule has 16 heavy (non-hydrogen) atoms. The highest BCUT2D eigenvalue weighted by molar-refractivity contribution is 14.1. The van der Waals surface area contributed by atoms with Crippen LogP contribution < -0.4 is 0 Å². The standard InChI is InChI=1S/C11H7BrClIOS/c12-10-4-3-9(16-10)11(15)7-5-6(13)1-2-8(7)14/h1-5,11,15H. The lowest BCUT2D eigenvalue weighted by Gasteiger charge is -2.11. The molecule has 0 saturated heterocycles. The van der Waals surface area contributed by atoms with Crippen molar-refractivity contribution in [2.75, 3.05) is 0 Å². The maximum Gasteiger partial charge on any atom is 0.114 e. The third kappa shape index (κ3) is 2.79. The van der Waals surface area contributed by atoms with Gasteiger partial charge in [-0.15, -0.1) is 11.3 Å². The van der Waals surface area contributed by atoms with Gasteiger partial charge in [0.1, 0.15) is 6.10 Å². The van der Waals surface area contributed by atoms with Crippen molar-refractivity contribution in [1.29, 1.82) is 0 Å². The predicted molar refractivity (Wildman–Crippen MR) is 80.2 cm³/mol. The maximum atomic E-state index is 10.2. The SMILES string of the molecule is OC(c1ccc(Br)s1)c1cc(Cl)ccc1I. The smallest absolute Gasteiger partial charge is 0.114 e. The molecule has 0 saturated carbocycles. The Kier molecular flexibility index (Phi) is 4.29. The molecular weight excluding hydrogens is 422 g/mol. The van der Waals surface area contributed by atoms with E-state index in [0.29, 0.717) is 5.02 Å². The van der Waals surface area contributed by atoms with Crippen LogP contribution in [-0.4, -0.2) is 5.11 Å². The maximum absolute atomic E-state index is 10.2. The second kappa shape index (κ2) is 5.35. The minimum Gasteiger partial charge on any atom is -0.383 e. The number of halogens is 3. The van der Waals surface area contributed by atoms with Crippen molar-refractivity contribution in [1.82, 2.24) is 0 Å². The van der Waals surface area contributed by atoms with Gasteiger partial charge in [0, 0.05) is 19.0 Å². The van der Waals surface area contributed by atoms with Crippen molar-refractivity contribution < 1.29 is 5.11 Å². The molecule has 0 fully saturated rings. The molecule has 2 rings (SSSR count). The number of hydrogen-bond donors (Lipinski definition) is 1. The van der Waals surface area contributed by atoms with Gasteiger partial charge in [0.25, 0.3) is 0 Å². The fraction of sp³-hybridized carbons (Fsp3) is 0.0909. The van der Waals surface area contributed by atoms with E-state index in [1.807, 2.05) is 30.3 Å². The first-order chi connectivity index (χ1) is 7.58. The summed E-state index contributed by atoms with van der Waals surface area (Å²) in [6, 6.07) is 9.38. The second-order valence-corrected chi connectivity index (χ2v) is 7.30. The van der Waals surface area contributed by atoms with Crippen LogP contribution in [0.25, 0.3) is 0 Å². The third-order valence-electron chi connectivity index (χ3n) is 2.12. The lowest BCUT2D eigenvalue weighted by molar-refractivity contribution is 0.223. The van der Waals surface area contributed by atoms with Crippen molar-refractivity contribution in [2.24, 2.45) is 0 Å². The molecule has 2 aromatic rings. The Bertz CT molecular complexity index is 514. The minimum absolute atomic E-state index is 0.609. The molecule has 0 aliphatic carbocycles. The molecule has 84 valence electrons. The zero-order valence-corrected chi connectivity index (χ0v) is 13.3. The second-order valence-electron chi connectivity index (χ2n) is 3.21. The van der Waals surface area contributed by atoms with E-state index in [4.69, 9.17) is 11.6 Å². The van der Waals surface area contributed by atoms with Gasteiger partial charge in [-0.3, -0.25) is 0 Å². The van der Waals surface area contributed by atoms with Crippen LogP contribution in [-0.2, 0) is 0 Å². The van der Waals surface area contributed by atoms with Crippen LogP contribution in [0.2, 0.25) is 5.02 Å². The lowest BCUT2D eigenvalue weighted by Crippen LogP contribution is -1.99. The average molecular weight is 430 g/mol. The topological polar surface area (TPSA) is 20.2 Å². The summed E-state index contributed by atoms with van der Waals surface area (Å²) < 4.78 is 2.03. The summed E-state index contributed by atoms with van der Waals surface area (Å²) in [6.07, 6.45) is -0.609. The summed E-state index contributed by atoms with van der Waals surface area (Å²) in [4.78, 5) is 0.909. The molecule has 0 amide bonds. The van der Waals surface area contributed by atoms with Gasteiger partial charge in [0.05, 0.1) is 3.79 Å². The number of rotatable bonds is 2. The molecule has 1 unspecified atom stereocenters. The van der Waals surface area contributed by atoms with E-state index in [-0.39, 0.29) is 0 Å². The molecule has 1 aromatic heterocycles. The molecule has 1 aromatic carbocycles. The molecular formula is C11H7BrClIOS. The highest BCUT2D eigenvalue weighted by atomic mass is 127. The van der Waals surface area contributed by atoms with E-state index in [9.17, 15) is 5.11 Å². The van der Waals surface area contributed by atoms with Gasteiger partial charge in [-0.25, -0.2) is 0 Å². The molecule has 1 N–H and O–H groups in total. The van der Waals surface area contributed by atoms with Crippen molar-refractivity contribution >= 4 is 61.5 Å². The van der Waals surface area contributed by atoms with Crippen LogP contribution >= 0.6 is 61.5 Å². The molecule has 0 aliphatic rings. The van der Waals surface area contributed by atoms with E-state index in [1.165, 1.54) is 11.3 Å². The predicted octanol–water partition coefficient (Wildman–Crippen LogP) is 4.85. The van der Waals surface area contributed by atoms with Crippen LogP contribution in [0.15, 0.2) is 34.1 Å².